The molecule has 3 rings (SSSR count). The van der Waals surface area contributed by atoms with Crippen molar-refractivity contribution in [1.82, 2.24) is 4.90 Å². The molecular weight excluding hydrogens is 348 g/mol. The Bertz CT molecular complexity index is 835. The maximum Gasteiger partial charge on any atom is 0.331 e. The Morgan fingerprint density at radius 3 is 2.56 bits per heavy atom. The van der Waals surface area contributed by atoms with E-state index in [1.54, 1.807) is 48.4 Å². The van der Waals surface area contributed by atoms with Crippen molar-refractivity contribution in [2.24, 2.45) is 0 Å². The minimum Gasteiger partial charge on any atom is -0.497 e. The van der Waals surface area contributed by atoms with Crippen LogP contribution in [0.1, 0.15) is 12.0 Å². The maximum absolute atomic E-state index is 12.9. The second-order valence-electron chi connectivity index (χ2n) is 5.99. The van der Waals surface area contributed by atoms with Crippen LogP contribution in [0.5, 0.6) is 11.5 Å². The largest absolute Gasteiger partial charge is 0.497 e. The lowest BCUT2D eigenvalue weighted by molar-refractivity contribution is -0.129. The van der Waals surface area contributed by atoms with Gasteiger partial charge in [-0.2, -0.15) is 0 Å². The summed E-state index contributed by atoms with van der Waals surface area (Å²) in [5, 5.41) is 0. The van der Waals surface area contributed by atoms with Gasteiger partial charge in [0.1, 0.15) is 18.1 Å². The first-order valence-corrected chi connectivity index (χ1v) is 8.53. The Labute approximate surface area is 157 Å². The van der Waals surface area contributed by atoms with Crippen LogP contribution < -0.4 is 14.4 Å². The number of imide groups is 1. The highest BCUT2D eigenvalue weighted by molar-refractivity contribution is 6.05. The molecule has 0 N–H and O–H groups in total. The van der Waals surface area contributed by atoms with Crippen molar-refractivity contribution in [2.45, 2.75) is 13.0 Å². The van der Waals surface area contributed by atoms with Crippen molar-refractivity contribution in [3.05, 3.63) is 54.1 Å². The summed E-state index contributed by atoms with van der Waals surface area (Å²) in [6.45, 7) is 0.437. The van der Waals surface area contributed by atoms with E-state index in [9.17, 15) is 14.4 Å². The molecule has 0 unspecified atom stereocenters. The van der Waals surface area contributed by atoms with Gasteiger partial charge in [-0.15, -0.1) is 0 Å². The third kappa shape index (κ3) is 4.25. The van der Waals surface area contributed by atoms with Crippen LogP contribution in [0.25, 0.3) is 0 Å². The van der Waals surface area contributed by atoms with Crippen LogP contribution in [0.3, 0.4) is 0 Å². The van der Waals surface area contributed by atoms with Gasteiger partial charge in [0.2, 0.25) is 5.91 Å². The van der Waals surface area contributed by atoms with Gasteiger partial charge in [-0.05, 0) is 29.8 Å². The summed E-state index contributed by atoms with van der Waals surface area (Å²) in [6, 6.07) is 13.8. The lowest BCUT2D eigenvalue weighted by Gasteiger charge is -2.34. The van der Waals surface area contributed by atoms with Crippen molar-refractivity contribution in [2.75, 3.05) is 25.2 Å². The van der Waals surface area contributed by atoms with E-state index in [0.29, 0.717) is 30.0 Å². The molecule has 140 valence electrons. The molecule has 0 saturated carbocycles. The Hall–Kier alpha value is -3.35. The predicted octanol–water partition coefficient (Wildman–Crippen LogP) is 2.63. The van der Waals surface area contributed by atoms with E-state index >= 15 is 0 Å². The van der Waals surface area contributed by atoms with Crippen molar-refractivity contribution in [3.8, 4) is 11.5 Å². The van der Waals surface area contributed by atoms with Gasteiger partial charge >= 0.3 is 6.03 Å². The van der Waals surface area contributed by atoms with Crippen LogP contribution in [-0.2, 0) is 16.1 Å². The van der Waals surface area contributed by atoms with E-state index in [-0.39, 0.29) is 31.5 Å². The van der Waals surface area contributed by atoms with Gasteiger partial charge in [-0.1, -0.05) is 18.2 Å². The monoisotopic (exact) mass is 368 g/mol. The molecule has 0 bridgehead atoms. The van der Waals surface area contributed by atoms with E-state index in [1.165, 1.54) is 4.90 Å². The topological polar surface area (TPSA) is 76.2 Å². The van der Waals surface area contributed by atoms with E-state index < -0.39 is 0 Å². The van der Waals surface area contributed by atoms with Crippen LogP contribution in [0.2, 0.25) is 0 Å². The third-order valence-corrected chi connectivity index (χ3v) is 4.26. The highest BCUT2D eigenvalue weighted by Gasteiger charge is 2.33. The fourth-order valence-electron chi connectivity index (χ4n) is 2.87. The molecule has 7 heteroatoms. The molecule has 7 nitrogen and oxygen atoms in total. The molecule has 1 fully saturated rings. The van der Waals surface area contributed by atoms with Gasteiger partial charge in [0, 0.05) is 24.7 Å². The number of hydrogen-bond acceptors (Lipinski definition) is 5. The number of amides is 3. The normalized spacial score (nSPS) is 14.3. The Balaban J connectivity index is 1.77. The number of hydrogen-bond donors (Lipinski definition) is 0. The summed E-state index contributed by atoms with van der Waals surface area (Å²) in [4.78, 5) is 38.5. The number of anilines is 1. The number of ether oxygens (including phenoxy) is 2. The SMILES string of the molecule is COc1ccc(CN2C(=O)CCN(c3cccc(OCC=O)c3)C2=O)cc1. The zero-order chi connectivity index (χ0) is 19.2. The fraction of sp³-hybridized carbons (Fsp3) is 0.250. The highest BCUT2D eigenvalue weighted by atomic mass is 16.5. The van der Waals surface area contributed by atoms with Crippen molar-refractivity contribution in [3.63, 3.8) is 0 Å². The van der Waals surface area contributed by atoms with Gasteiger partial charge < -0.3 is 9.47 Å². The summed E-state index contributed by atoms with van der Waals surface area (Å²) in [6.07, 6.45) is 0.898. The number of aldehydes is 1. The van der Waals surface area contributed by atoms with E-state index in [0.717, 1.165) is 5.56 Å². The quantitative estimate of drug-likeness (QED) is 0.702. The van der Waals surface area contributed by atoms with Gasteiger partial charge in [0.25, 0.3) is 0 Å². The van der Waals surface area contributed by atoms with Gasteiger partial charge in [-0.25, -0.2) is 4.79 Å². The second-order valence-corrected chi connectivity index (χ2v) is 5.99. The number of benzene rings is 2. The standard InChI is InChI=1S/C20H20N2O5/c1-26-17-7-5-15(6-8-17)14-22-19(24)9-10-21(20(22)25)16-3-2-4-18(13-16)27-12-11-23/h2-8,11,13H,9-10,12,14H2,1H3. The summed E-state index contributed by atoms with van der Waals surface area (Å²) >= 11 is 0. The maximum atomic E-state index is 12.9. The number of methoxy groups -OCH3 is 1. The Kier molecular flexibility index (Phi) is 5.71. The molecule has 0 aromatic heterocycles. The second kappa shape index (κ2) is 8.35. The molecule has 1 saturated heterocycles. The van der Waals surface area contributed by atoms with Crippen LogP contribution in [0, 0.1) is 0 Å². The number of nitrogens with zero attached hydrogens (tertiary/aromatic N) is 2. The Morgan fingerprint density at radius 1 is 1.07 bits per heavy atom. The molecule has 1 heterocycles. The van der Waals surface area contributed by atoms with Crippen molar-refractivity contribution < 1.29 is 23.9 Å². The van der Waals surface area contributed by atoms with E-state index in [1.807, 2.05) is 12.1 Å². The summed E-state index contributed by atoms with van der Waals surface area (Å²) in [7, 11) is 1.58. The zero-order valence-electron chi connectivity index (χ0n) is 15.0. The fourth-order valence-corrected chi connectivity index (χ4v) is 2.87. The summed E-state index contributed by atoms with van der Waals surface area (Å²) in [5.41, 5.74) is 1.46. The predicted molar refractivity (Wildman–Crippen MR) is 98.9 cm³/mol. The third-order valence-electron chi connectivity index (χ3n) is 4.26. The first-order valence-electron chi connectivity index (χ1n) is 8.53. The van der Waals surface area contributed by atoms with Crippen LogP contribution in [-0.4, -0.2) is 43.4 Å². The minimum absolute atomic E-state index is 0.0561. The first-order chi connectivity index (χ1) is 13.1. The summed E-state index contributed by atoms with van der Waals surface area (Å²) < 4.78 is 10.4. The molecule has 0 atom stereocenters. The number of carbonyl (C=O) groups is 3. The van der Waals surface area contributed by atoms with Gasteiger partial charge in [0.15, 0.2) is 6.29 Å². The molecule has 27 heavy (non-hydrogen) atoms. The zero-order valence-corrected chi connectivity index (χ0v) is 15.0. The van der Waals surface area contributed by atoms with E-state index in [2.05, 4.69) is 0 Å². The first kappa shape index (κ1) is 18.4. The average molecular weight is 368 g/mol. The average Bonchev–Trinajstić information content (AvgIpc) is 2.70. The highest BCUT2D eigenvalue weighted by Crippen LogP contribution is 2.26. The van der Waals surface area contributed by atoms with Crippen LogP contribution in [0.15, 0.2) is 48.5 Å². The molecule has 2 aromatic carbocycles. The molecule has 1 aliphatic rings. The Morgan fingerprint density at radius 2 is 1.85 bits per heavy atom. The molecule has 0 spiro atoms. The lowest BCUT2D eigenvalue weighted by Crippen LogP contribution is -2.52. The molecule has 3 amide bonds. The van der Waals surface area contributed by atoms with Crippen LogP contribution in [0.4, 0.5) is 10.5 Å². The smallest absolute Gasteiger partial charge is 0.331 e. The van der Waals surface area contributed by atoms with E-state index in [4.69, 9.17) is 9.47 Å². The molecule has 0 radical (unpaired) electrons. The summed E-state index contributed by atoms with van der Waals surface area (Å²) in [5.74, 6) is 0.996. The number of urea groups is 1. The number of rotatable bonds is 7. The van der Waals surface area contributed by atoms with Gasteiger partial charge in [0.05, 0.1) is 13.7 Å². The van der Waals surface area contributed by atoms with Crippen LogP contribution >= 0.6 is 0 Å². The van der Waals surface area contributed by atoms with Crippen molar-refractivity contribution in [1.29, 1.82) is 0 Å². The molecule has 1 aliphatic heterocycles. The lowest BCUT2D eigenvalue weighted by atomic mass is 10.1. The molecule has 2 aromatic rings. The van der Waals surface area contributed by atoms with Crippen molar-refractivity contribution >= 4 is 23.9 Å². The number of carbonyl (C=O) groups excluding carboxylic acids is 3. The molecule has 0 aliphatic carbocycles. The van der Waals surface area contributed by atoms with Gasteiger partial charge in [-0.3, -0.25) is 19.4 Å². The molecular formula is C20H20N2O5. The minimum atomic E-state index is -0.380.